The first kappa shape index (κ1) is 22.2. The summed E-state index contributed by atoms with van der Waals surface area (Å²) in [6.45, 7) is 6.32. The van der Waals surface area contributed by atoms with Gasteiger partial charge in [0.2, 0.25) is 5.91 Å². The molecule has 170 valence electrons. The predicted octanol–water partition coefficient (Wildman–Crippen LogP) is 4.16. The van der Waals surface area contributed by atoms with Crippen LogP contribution >= 0.6 is 0 Å². The number of carbonyl (C=O) groups excluding carboxylic acids is 2. The molecule has 0 unspecified atom stereocenters. The second-order valence-electron chi connectivity index (χ2n) is 8.96. The Hall–Kier alpha value is -3.02. The summed E-state index contributed by atoms with van der Waals surface area (Å²) in [6, 6.07) is 16.2. The van der Waals surface area contributed by atoms with Gasteiger partial charge in [0.1, 0.15) is 11.9 Å². The molecule has 0 spiro atoms. The van der Waals surface area contributed by atoms with Gasteiger partial charge in [-0.1, -0.05) is 36.4 Å². The van der Waals surface area contributed by atoms with Gasteiger partial charge in [0.15, 0.2) is 0 Å². The third kappa shape index (κ3) is 5.23. The number of rotatable bonds is 5. The zero-order chi connectivity index (χ0) is 22.5. The molecule has 0 saturated carbocycles. The van der Waals surface area contributed by atoms with E-state index in [1.165, 1.54) is 5.56 Å². The normalized spacial score (nSPS) is 20.3. The van der Waals surface area contributed by atoms with E-state index in [2.05, 4.69) is 17.4 Å². The molecule has 1 saturated heterocycles. The minimum Gasteiger partial charge on any atom is -0.487 e. The van der Waals surface area contributed by atoms with Crippen molar-refractivity contribution in [3.05, 3.63) is 59.7 Å². The van der Waals surface area contributed by atoms with Gasteiger partial charge in [-0.15, -0.1) is 0 Å². The lowest BCUT2D eigenvalue weighted by Gasteiger charge is -2.39. The molecule has 1 fully saturated rings. The highest BCUT2D eigenvalue weighted by Crippen LogP contribution is 2.35. The Kier molecular flexibility index (Phi) is 6.98. The summed E-state index contributed by atoms with van der Waals surface area (Å²) in [5.41, 5.74) is 3.19. The van der Waals surface area contributed by atoms with Crippen LogP contribution in [-0.2, 0) is 11.2 Å². The van der Waals surface area contributed by atoms with Crippen LogP contribution in [0.15, 0.2) is 48.5 Å². The largest absolute Gasteiger partial charge is 0.487 e. The van der Waals surface area contributed by atoms with E-state index in [-0.39, 0.29) is 24.0 Å². The second kappa shape index (κ2) is 10.1. The summed E-state index contributed by atoms with van der Waals surface area (Å²) < 4.78 is 5.92. The first-order chi connectivity index (χ1) is 15.5. The molecule has 4 rings (SSSR count). The lowest BCUT2D eigenvalue weighted by Crippen LogP contribution is -2.53. The van der Waals surface area contributed by atoms with Crippen LogP contribution < -0.4 is 15.0 Å². The highest BCUT2D eigenvalue weighted by atomic mass is 16.5. The minimum atomic E-state index is -0.153. The summed E-state index contributed by atoms with van der Waals surface area (Å²) in [5.74, 6) is 0.648. The van der Waals surface area contributed by atoms with Crippen molar-refractivity contribution in [1.82, 2.24) is 10.2 Å². The van der Waals surface area contributed by atoms with Crippen LogP contribution in [-0.4, -0.2) is 49.1 Å². The average Bonchev–Trinajstić information content (AvgIpc) is 2.82. The number of nitrogens with one attached hydrogen (secondary N) is 1. The van der Waals surface area contributed by atoms with E-state index in [0.29, 0.717) is 26.2 Å². The van der Waals surface area contributed by atoms with Crippen LogP contribution in [0.2, 0.25) is 0 Å². The molecule has 2 aliphatic heterocycles. The van der Waals surface area contributed by atoms with Crippen molar-refractivity contribution in [3.63, 3.8) is 0 Å². The molecular weight excluding hydrogens is 402 g/mol. The molecule has 2 aromatic rings. The maximum absolute atomic E-state index is 13.4. The van der Waals surface area contributed by atoms with Gasteiger partial charge in [-0.3, -0.25) is 9.69 Å². The fraction of sp³-hybridized carbons (Fsp3) is 0.462. The SMILES string of the molecule is Cc1ccc2c(c1)N(C(=O)N1CCC[C@H](C(=O)NCCCc3ccccc3)C1)C[C@H](C)O2. The number of fused-ring (bicyclic) bond motifs is 1. The number of carbonyl (C=O) groups is 2. The van der Waals surface area contributed by atoms with Crippen molar-refractivity contribution in [2.75, 3.05) is 31.1 Å². The van der Waals surface area contributed by atoms with Crippen molar-refractivity contribution in [1.29, 1.82) is 0 Å². The smallest absolute Gasteiger partial charge is 0.324 e. The molecule has 6 nitrogen and oxygen atoms in total. The predicted molar refractivity (Wildman–Crippen MR) is 126 cm³/mol. The molecular formula is C26H33N3O3. The topological polar surface area (TPSA) is 61.9 Å². The van der Waals surface area contributed by atoms with Gasteiger partial charge in [-0.2, -0.15) is 0 Å². The van der Waals surface area contributed by atoms with Gasteiger partial charge in [0.25, 0.3) is 0 Å². The Morgan fingerprint density at radius 1 is 1.12 bits per heavy atom. The third-order valence-corrected chi connectivity index (χ3v) is 6.25. The van der Waals surface area contributed by atoms with E-state index >= 15 is 0 Å². The van der Waals surface area contributed by atoms with Gasteiger partial charge in [-0.25, -0.2) is 4.79 Å². The summed E-state index contributed by atoms with van der Waals surface area (Å²) in [7, 11) is 0. The van der Waals surface area contributed by atoms with Crippen LogP contribution in [0.4, 0.5) is 10.5 Å². The number of ether oxygens (including phenoxy) is 1. The Morgan fingerprint density at radius 3 is 2.75 bits per heavy atom. The maximum atomic E-state index is 13.4. The lowest BCUT2D eigenvalue weighted by atomic mass is 9.97. The zero-order valence-electron chi connectivity index (χ0n) is 19.0. The number of aryl methyl sites for hydroxylation is 2. The van der Waals surface area contributed by atoms with Crippen molar-refractivity contribution in [3.8, 4) is 5.75 Å². The van der Waals surface area contributed by atoms with Crippen LogP contribution in [0, 0.1) is 12.8 Å². The molecule has 2 atom stereocenters. The van der Waals surface area contributed by atoms with E-state index in [4.69, 9.17) is 4.74 Å². The number of urea groups is 1. The van der Waals surface area contributed by atoms with E-state index in [9.17, 15) is 9.59 Å². The first-order valence-corrected chi connectivity index (χ1v) is 11.7. The molecule has 0 radical (unpaired) electrons. The fourth-order valence-electron chi connectivity index (χ4n) is 4.56. The summed E-state index contributed by atoms with van der Waals surface area (Å²) in [4.78, 5) is 29.8. The molecule has 2 aromatic carbocycles. The summed E-state index contributed by atoms with van der Waals surface area (Å²) in [6.07, 6.45) is 3.46. The highest BCUT2D eigenvalue weighted by molar-refractivity contribution is 5.94. The van der Waals surface area contributed by atoms with Crippen LogP contribution in [0.25, 0.3) is 0 Å². The number of nitrogens with zero attached hydrogens (tertiary/aromatic N) is 2. The summed E-state index contributed by atoms with van der Waals surface area (Å²) in [5, 5.41) is 3.08. The van der Waals surface area contributed by atoms with Crippen LogP contribution in [0.5, 0.6) is 5.75 Å². The van der Waals surface area contributed by atoms with Crippen LogP contribution in [0.3, 0.4) is 0 Å². The van der Waals surface area contributed by atoms with E-state index in [1.807, 2.05) is 60.0 Å². The van der Waals surface area contributed by atoms with Crippen molar-refractivity contribution in [2.24, 2.45) is 5.92 Å². The van der Waals surface area contributed by atoms with Gasteiger partial charge in [0, 0.05) is 19.6 Å². The number of piperidine rings is 1. The Morgan fingerprint density at radius 2 is 1.94 bits per heavy atom. The number of likely N-dealkylation sites (tertiary alicyclic amines) is 1. The average molecular weight is 436 g/mol. The van der Waals surface area contributed by atoms with Crippen LogP contribution in [0.1, 0.15) is 37.3 Å². The van der Waals surface area contributed by atoms with Gasteiger partial charge in [-0.05, 0) is 62.8 Å². The second-order valence-corrected chi connectivity index (χ2v) is 8.96. The lowest BCUT2D eigenvalue weighted by molar-refractivity contribution is -0.126. The number of hydrogen-bond donors (Lipinski definition) is 1. The number of hydrogen-bond acceptors (Lipinski definition) is 3. The molecule has 2 heterocycles. The van der Waals surface area contributed by atoms with Gasteiger partial charge in [0.05, 0.1) is 18.2 Å². The quantitative estimate of drug-likeness (QED) is 0.718. The molecule has 0 aromatic heterocycles. The maximum Gasteiger partial charge on any atom is 0.324 e. The molecule has 0 aliphatic carbocycles. The molecule has 6 heteroatoms. The Bertz CT molecular complexity index is 947. The zero-order valence-corrected chi connectivity index (χ0v) is 19.0. The number of anilines is 1. The molecule has 2 aliphatic rings. The molecule has 0 bridgehead atoms. The van der Waals surface area contributed by atoms with E-state index in [0.717, 1.165) is 42.7 Å². The molecule has 3 amide bonds. The Balaban J connectivity index is 1.33. The van der Waals surface area contributed by atoms with Crippen molar-refractivity contribution < 1.29 is 14.3 Å². The third-order valence-electron chi connectivity index (χ3n) is 6.25. The van der Waals surface area contributed by atoms with E-state index < -0.39 is 0 Å². The highest BCUT2D eigenvalue weighted by Gasteiger charge is 2.34. The first-order valence-electron chi connectivity index (χ1n) is 11.7. The molecule has 1 N–H and O–H groups in total. The fourth-order valence-corrected chi connectivity index (χ4v) is 4.56. The molecule has 32 heavy (non-hydrogen) atoms. The number of amides is 3. The number of benzene rings is 2. The van der Waals surface area contributed by atoms with Crippen molar-refractivity contribution in [2.45, 2.75) is 45.6 Å². The standard InChI is InChI=1S/C26H33N3O3/c1-19-12-13-24-23(16-19)29(17-20(2)32-24)26(31)28-15-7-11-22(18-28)25(30)27-14-6-10-21-8-4-3-5-9-21/h3-5,8-9,12-13,16,20,22H,6-7,10-11,14-15,17-18H2,1-2H3,(H,27,30)/t20-,22-/m0/s1. The summed E-state index contributed by atoms with van der Waals surface area (Å²) >= 11 is 0. The van der Waals surface area contributed by atoms with E-state index in [1.54, 1.807) is 0 Å². The van der Waals surface area contributed by atoms with Gasteiger partial charge >= 0.3 is 6.03 Å². The minimum absolute atomic E-state index is 0.0337. The Labute approximate surface area is 190 Å². The van der Waals surface area contributed by atoms with Gasteiger partial charge < -0.3 is 15.0 Å². The monoisotopic (exact) mass is 435 g/mol. The van der Waals surface area contributed by atoms with Crippen molar-refractivity contribution >= 4 is 17.6 Å².